The van der Waals surface area contributed by atoms with E-state index >= 15 is 0 Å². The summed E-state index contributed by atoms with van der Waals surface area (Å²) in [5.41, 5.74) is 0.517. The maximum absolute atomic E-state index is 13.3. The Morgan fingerprint density at radius 3 is 1.48 bits per heavy atom. The predicted molar refractivity (Wildman–Crippen MR) is 186 cm³/mol. The van der Waals surface area contributed by atoms with Crippen molar-refractivity contribution < 1.29 is 28.5 Å². The summed E-state index contributed by atoms with van der Waals surface area (Å²) in [6.45, 7) is 5.42. The fourth-order valence-corrected chi connectivity index (χ4v) is 4.76. The average molecular weight is 601 g/mol. The Morgan fingerprint density at radius 1 is 0.614 bits per heavy atom. The molecular weight excluding hydrogens is 546 g/mol. The van der Waals surface area contributed by atoms with Gasteiger partial charge in [-0.25, -0.2) is 9.59 Å². The third-order valence-electron chi connectivity index (χ3n) is 7.45. The van der Waals surface area contributed by atoms with Crippen LogP contribution in [0.5, 0.6) is 11.5 Å². The maximum atomic E-state index is 13.3. The molecule has 0 N–H and O–H groups in total. The second-order valence-corrected chi connectivity index (χ2v) is 11.6. The smallest absolute Gasteiger partial charge is 0.342 e. The van der Waals surface area contributed by atoms with E-state index < -0.39 is 11.9 Å². The third kappa shape index (κ3) is 19.5. The van der Waals surface area contributed by atoms with Crippen LogP contribution in [0.2, 0.25) is 12.6 Å². The molecule has 0 bridgehead atoms. The van der Waals surface area contributed by atoms with Gasteiger partial charge in [0, 0.05) is 29.7 Å². The number of hydrogen-bond donors (Lipinski definition) is 0. The molecule has 11 heteroatoms. The minimum Gasteiger partial charge on any atom is -0.493 e. The average Bonchev–Trinajstić information content (AvgIpc) is 3.01. The Hall–Kier alpha value is -1.92. The molecule has 1 aromatic rings. The van der Waals surface area contributed by atoms with Crippen LogP contribution in [0.1, 0.15) is 144 Å². The zero-order valence-corrected chi connectivity index (χ0v) is 27.8. The largest absolute Gasteiger partial charge is 0.493 e. The van der Waals surface area contributed by atoms with E-state index in [1.807, 2.05) is 0 Å². The van der Waals surface area contributed by atoms with Crippen LogP contribution in [0, 0.1) is 0 Å². The summed E-state index contributed by atoms with van der Waals surface area (Å²) in [5, 5.41) is 0. The standard InChI is InChI=1S/C33H54B5O6/c1-3-5-7-9-12-17-23-42-30-27-29(33(40)44-25-19-15-21-38(35)36)31(41-22-16-11-8-6-4-2)26-28(30)32(39)43-24-18-13-10-14-20-37-34/h26-27H,3-25H2,1-2H3. The molecule has 237 valence electrons. The minimum absolute atomic E-state index is 0.239. The van der Waals surface area contributed by atoms with Crippen LogP contribution < -0.4 is 9.47 Å². The summed E-state index contributed by atoms with van der Waals surface area (Å²) < 4.78 is 23.4. The van der Waals surface area contributed by atoms with E-state index in [1.165, 1.54) is 25.7 Å². The van der Waals surface area contributed by atoms with Gasteiger partial charge in [-0.05, 0) is 37.8 Å². The second kappa shape index (κ2) is 27.4. The number of hydrogen-bond acceptors (Lipinski definition) is 6. The molecule has 0 aliphatic rings. The van der Waals surface area contributed by atoms with E-state index in [9.17, 15) is 9.59 Å². The number of esters is 2. The molecule has 1 aromatic carbocycles. The van der Waals surface area contributed by atoms with Crippen LogP contribution in [0.4, 0.5) is 0 Å². The fourth-order valence-electron chi connectivity index (χ4n) is 4.76. The Morgan fingerprint density at radius 2 is 1.02 bits per heavy atom. The van der Waals surface area contributed by atoms with Gasteiger partial charge in [-0.15, -0.1) is 0 Å². The Bertz CT molecular complexity index is 886. The molecule has 0 aromatic heterocycles. The summed E-state index contributed by atoms with van der Waals surface area (Å²) in [5.74, 6) is -0.365. The summed E-state index contributed by atoms with van der Waals surface area (Å²) in [7, 11) is 18.4. The first kappa shape index (κ1) is 40.1. The predicted octanol–water partition coefficient (Wildman–Crippen LogP) is 7.46. The summed E-state index contributed by atoms with van der Waals surface area (Å²) in [4.78, 5) is 26.5. The molecule has 0 unspecified atom stereocenters. The lowest BCUT2D eigenvalue weighted by molar-refractivity contribution is 0.0475. The van der Waals surface area contributed by atoms with E-state index in [4.69, 9.17) is 42.2 Å². The molecule has 0 aliphatic heterocycles. The lowest BCUT2D eigenvalue weighted by Crippen LogP contribution is -2.15. The highest BCUT2D eigenvalue weighted by Crippen LogP contribution is 2.31. The molecule has 0 fully saturated rings. The van der Waals surface area contributed by atoms with Crippen molar-refractivity contribution in [1.29, 1.82) is 0 Å². The van der Waals surface area contributed by atoms with Crippen molar-refractivity contribution >= 4 is 48.8 Å². The summed E-state index contributed by atoms with van der Waals surface area (Å²) in [6.07, 6.45) is 18.8. The van der Waals surface area contributed by atoms with Crippen molar-refractivity contribution in [2.45, 2.75) is 136 Å². The van der Waals surface area contributed by atoms with Crippen LogP contribution in [-0.4, -0.2) is 75.2 Å². The number of carbonyl (C=O) groups is 2. The first-order valence-electron chi connectivity index (χ1n) is 17.3. The fraction of sp³-hybridized carbons (Fsp3) is 0.758. The first-order valence-corrected chi connectivity index (χ1v) is 17.3. The summed E-state index contributed by atoms with van der Waals surface area (Å²) in [6, 6.07) is 3.17. The van der Waals surface area contributed by atoms with E-state index in [2.05, 4.69) is 13.8 Å². The molecule has 6 nitrogen and oxygen atoms in total. The molecule has 44 heavy (non-hydrogen) atoms. The molecule has 0 atom stereocenters. The van der Waals surface area contributed by atoms with Gasteiger partial charge in [0.15, 0.2) is 0 Å². The van der Waals surface area contributed by atoms with Gasteiger partial charge in [0.1, 0.15) is 22.6 Å². The second-order valence-electron chi connectivity index (χ2n) is 11.6. The first-order chi connectivity index (χ1) is 21.4. The van der Waals surface area contributed by atoms with Gasteiger partial charge in [-0.2, -0.15) is 0 Å². The minimum atomic E-state index is -0.512. The van der Waals surface area contributed by atoms with Gasteiger partial charge >= 0.3 is 11.9 Å². The number of benzene rings is 1. The molecular formula is C33H54B5O6. The van der Waals surface area contributed by atoms with Crippen molar-refractivity contribution in [1.82, 2.24) is 0 Å². The van der Waals surface area contributed by atoms with Crippen molar-refractivity contribution in [2.75, 3.05) is 26.4 Å². The number of ether oxygens (including phenoxy) is 4. The lowest BCUT2D eigenvalue weighted by Gasteiger charge is -2.17. The van der Waals surface area contributed by atoms with E-state index in [-0.39, 0.29) is 24.2 Å². The van der Waals surface area contributed by atoms with Crippen LogP contribution in [0.15, 0.2) is 12.1 Å². The lowest BCUT2D eigenvalue weighted by atomic mass is 9.18. The highest BCUT2D eigenvalue weighted by Gasteiger charge is 2.23. The van der Waals surface area contributed by atoms with Crippen molar-refractivity contribution in [3.05, 3.63) is 23.3 Å². The summed E-state index contributed by atoms with van der Waals surface area (Å²) >= 11 is 0. The molecule has 0 heterocycles. The highest BCUT2D eigenvalue weighted by atomic mass is 16.5. The molecule has 0 amide bonds. The van der Waals surface area contributed by atoms with Crippen molar-refractivity contribution in [2.24, 2.45) is 0 Å². The number of carbonyl (C=O) groups excluding carboxylic acids is 2. The number of rotatable bonds is 29. The zero-order chi connectivity index (χ0) is 32.3. The Kier molecular flexibility index (Phi) is 25.0. The zero-order valence-electron chi connectivity index (χ0n) is 27.8. The topological polar surface area (TPSA) is 71.1 Å². The van der Waals surface area contributed by atoms with E-state index in [1.54, 1.807) is 19.3 Å². The molecule has 1 rings (SSSR count). The van der Waals surface area contributed by atoms with Gasteiger partial charge in [-0.3, -0.25) is 0 Å². The van der Waals surface area contributed by atoms with Gasteiger partial charge in [0.25, 0.3) is 0 Å². The van der Waals surface area contributed by atoms with Gasteiger partial charge in [0.2, 0.25) is 0 Å². The van der Waals surface area contributed by atoms with Gasteiger partial charge in [0.05, 0.1) is 33.6 Å². The Balaban J connectivity index is 3.06. The van der Waals surface area contributed by atoms with Gasteiger partial charge < -0.3 is 18.9 Å². The van der Waals surface area contributed by atoms with Crippen LogP contribution in [0.25, 0.3) is 0 Å². The molecule has 0 saturated carbocycles. The third-order valence-corrected chi connectivity index (χ3v) is 7.45. The van der Waals surface area contributed by atoms with Crippen molar-refractivity contribution in [3.8, 4) is 11.5 Å². The van der Waals surface area contributed by atoms with E-state index in [0.29, 0.717) is 44.1 Å². The quantitative estimate of drug-likeness (QED) is 0.0540. The van der Waals surface area contributed by atoms with Gasteiger partial charge in [-0.1, -0.05) is 110 Å². The van der Waals surface area contributed by atoms with Crippen molar-refractivity contribution in [3.63, 3.8) is 0 Å². The molecule has 0 aliphatic carbocycles. The normalized spacial score (nSPS) is 10.8. The maximum Gasteiger partial charge on any atom is 0.342 e. The van der Waals surface area contributed by atoms with E-state index in [0.717, 1.165) is 83.4 Å². The van der Waals surface area contributed by atoms with Crippen LogP contribution in [0.3, 0.4) is 0 Å². The Labute approximate surface area is 273 Å². The SMILES string of the molecule is [B][B]CCCCCCOC(=O)c1cc(OCCCCCCC)c(C(=O)OCCCCB([B])[B])cc1OCCCCCCCC. The molecule has 0 spiro atoms. The number of unbranched alkanes of at least 4 members (excludes halogenated alkanes) is 13. The molecule has 0 saturated heterocycles. The highest BCUT2D eigenvalue weighted by molar-refractivity contribution is 7.29. The monoisotopic (exact) mass is 601 g/mol. The van der Waals surface area contributed by atoms with Crippen LogP contribution in [-0.2, 0) is 9.47 Å². The van der Waals surface area contributed by atoms with Crippen LogP contribution >= 0.6 is 0 Å². The molecule has 7 radical (unpaired) electrons.